The zero-order valence-corrected chi connectivity index (χ0v) is 15.1. The van der Waals surface area contributed by atoms with Gasteiger partial charge in [0, 0.05) is 5.57 Å². The molecular formula is C23H18O5. The van der Waals surface area contributed by atoms with Crippen molar-refractivity contribution in [1.82, 2.24) is 0 Å². The molecule has 0 saturated heterocycles. The maximum Gasteiger partial charge on any atom is 0.196 e. The van der Waals surface area contributed by atoms with Gasteiger partial charge in [-0.25, -0.2) is 0 Å². The zero-order valence-electron chi connectivity index (χ0n) is 15.1. The maximum absolute atomic E-state index is 13.2. The highest BCUT2D eigenvalue weighted by molar-refractivity contribution is 6.14. The molecular weight excluding hydrogens is 356 g/mol. The Morgan fingerprint density at radius 3 is 2.29 bits per heavy atom. The molecule has 1 aliphatic heterocycles. The summed E-state index contributed by atoms with van der Waals surface area (Å²) < 4.78 is 11.3. The summed E-state index contributed by atoms with van der Waals surface area (Å²) in [6, 6.07) is 18.4. The van der Waals surface area contributed by atoms with Gasteiger partial charge < -0.3 is 19.7 Å². The molecule has 0 radical (unpaired) electrons. The van der Waals surface area contributed by atoms with Crippen molar-refractivity contribution in [2.24, 2.45) is 0 Å². The van der Waals surface area contributed by atoms with Gasteiger partial charge in [0.1, 0.15) is 23.0 Å². The standard InChI is InChI=1S/C23H18O5/c1-27-18-9-2-14(3-10-18)12-20-22(26)19-13-17(25)8-11-21(19)28-23(20)15-4-6-16(24)7-5-15/h2-13,23-25H,1H3. The van der Waals surface area contributed by atoms with Gasteiger partial charge in [-0.2, -0.15) is 0 Å². The Balaban J connectivity index is 1.83. The Labute approximate surface area is 162 Å². The molecule has 1 unspecified atom stereocenters. The minimum atomic E-state index is -0.632. The van der Waals surface area contributed by atoms with Gasteiger partial charge in [-0.3, -0.25) is 4.79 Å². The van der Waals surface area contributed by atoms with E-state index in [-0.39, 0.29) is 17.3 Å². The SMILES string of the molecule is COc1ccc(C=C2C(=O)c3cc(O)ccc3OC2c2ccc(O)cc2)cc1. The van der Waals surface area contributed by atoms with E-state index in [1.54, 1.807) is 43.5 Å². The number of benzene rings is 3. The number of Topliss-reactive ketones (excluding diaryl/α,β-unsaturated/α-hetero) is 1. The van der Waals surface area contributed by atoms with Crippen LogP contribution in [0.1, 0.15) is 27.6 Å². The summed E-state index contributed by atoms with van der Waals surface area (Å²) in [5.41, 5.74) is 2.31. The summed E-state index contributed by atoms with van der Waals surface area (Å²) in [7, 11) is 1.59. The molecule has 0 aliphatic carbocycles. The van der Waals surface area contributed by atoms with Gasteiger partial charge in [0.15, 0.2) is 11.9 Å². The number of carbonyl (C=O) groups excluding carboxylic acids is 1. The number of phenols is 2. The van der Waals surface area contributed by atoms with E-state index in [9.17, 15) is 15.0 Å². The predicted octanol–water partition coefficient (Wildman–Crippen LogP) is 4.51. The van der Waals surface area contributed by atoms with Crippen molar-refractivity contribution in [2.45, 2.75) is 6.10 Å². The summed E-state index contributed by atoms with van der Waals surface area (Å²) in [5.74, 6) is 1.05. The average Bonchev–Trinajstić information content (AvgIpc) is 2.71. The molecule has 0 aromatic heterocycles. The quantitative estimate of drug-likeness (QED) is 0.660. The average molecular weight is 374 g/mol. The molecule has 0 fully saturated rings. The van der Waals surface area contributed by atoms with Crippen LogP contribution in [0.4, 0.5) is 0 Å². The monoisotopic (exact) mass is 374 g/mol. The number of rotatable bonds is 3. The highest BCUT2D eigenvalue weighted by Gasteiger charge is 2.33. The number of hydrogen-bond donors (Lipinski definition) is 2. The molecule has 140 valence electrons. The highest BCUT2D eigenvalue weighted by Crippen LogP contribution is 2.40. The lowest BCUT2D eigenvalue weighted by molar-refractivity contribution is 0.0963. The van der Waals surface area contributed by atoms with Crippen LogP contribution < -0.4 is 9.47 Å². The van der Waals surface area contributed by atoms with Crippen molar-refractivity contribution in [3.8, 4) is 23.0 Å². The molecule has 0 saturated carbocycles. The van der Waals surface area contributed by atoms with Crippen molar-refractivity contribution in [3.63, 3.8) is 0 Å². The molecule has 3 aromatic carbocycles. The van der Waals surface area contributed by atoms with Crippen molar-refractivity contribution in [1.29, 1.82) is 0 Å². The van der Waals surface area contributed by atoms with E-state index in [0.717, 1.165) is 16.9 Å². The third-order valence-corrected chi connectivity index (χ3v) is 4.63. The Hall–Kier alpha value is -3.73. The summed E-state index contributed by atoms with van der Waals surface area (Å²) in [5, 5.41) is 19.4. The summed E-state index contributed by atoms with van der Waals surface area (Å²) in [4.78, 5) is 13.2. The van der Waals surface area contributed by atoms with Crippen LogP contribution in [-0.4, -0.2) is 23.1 Å². The fourth-order valence-corrected chi connectivity index (χ4v) is 3.18. The van der Waals surface area contributed by atoms with Crippen molar-refractivity contribution >= 4 is 11.9 Å². The van der Waals surface area contributed by atoms with E-state index in [0.29, 0.717) is 16.9 Å². The van der Waals surface area contributed by atoms with Gasteiger partial charge >= 0.3 is 0 Å². The van der Waals surface area contributed by atoms with Crippen LogP contribution in [-0.2, 0) is 0 Å². The molecule has 1 atom stereocenters. The minimum Gasteiger partial charge on any atom is -0.508 e. The van der Waals surface area contributed by atoms with Crippen LogP contribution in [0.15, 0.2) is 72.3 Å². The summed E-state index contributed by atoms with van der Waals surface area (Å²) >= 11 is 0. The van der Waals surface area contributed by atoms with Crippen LogP contribution in [0.5, 0.6) is 23.0 Å². The third-order valence-electron chi connectivity index (χ3n) is 4.63. The van der Waals surface area contributed by atoms with E-state index in [1.165, 1.54) is 12.1 Å². The third kappa shape index (κ3) is 3.30. The molecule has 0 amide bonds. The van der Waals surface area contributed by atoms with Crippen LogP contribution >= 0.6 is 0 Å². The van der Waals surface area contributed by atoms with Crippen LogP contribution in [0.2, 0.25) is 0 Å². The number of methoxy groups -OCH3 is 1. The number of ketones is 1. The largest absolute Gasteiger partial charge is 0.508 e. The molecule has 1 heterocycles. The number of aromatic hydroxyl groups is 2. The number of phenolic OH excluding ortho intramolecular Hbond substituents is 2. The molecule has 2 N–H and O–H groups in total. The molecule has 4 rings (SSSR count). The maximum atomic E-state index is 13.2. The molecule has 5 nitrogen and oxygen atoms in total. The smallest absolute Gasteiger partial charge is 0.196 e. The number of ether oxygens (including phenoxy) is 2. The van der Waals surface area contributed by atoms with Gasteiger partial charge in [-0.1, -0.05) is 24.3 Å². The number of fused-ring (bicyclic) bond motifs is 1. The first-order chi connectivity index (χ1) is 13.5. The number of hydrogen-bond acceptors (Lipinski definition) is 5. The zero-order chi connectivity index (χ0) is 19.7. The summed E-state index contributed by atoms with van der Waals surface area (Å²) in [6.07, 6.45) is 1.14. The van der Waals surface area contributed by atoms with Crippen molar-refractivity contribution in [2.75, 3.05) is 7.11 Å². The fraction of sp³-hybridized carbons (Fsp3) is 0.0870. The first kappa shape index (κ1) is 17.7. The molecule has 28 heavy (non-hydrogen) atoms. The molecule has 5 heteroatoms. The molecule has 0 spiro atoms. The molecule has 3 aromatic rings. The van der Waals surface area contributed by atoms with E-state index < -0.39 is 6.10 Å². The van der Waals surface area contributed by atoms with Crippen LogP contribution in [0.25, 0.3) is 6.08 Å². The highest BCUT2D eigenvalue weighted by atomic mass is 16.5. The van der Waals surface area contributed by atoms with Crippen molar-refractivity contribution in [3.05, 3.63) is 89.0 Å². The van der Waals surface area contributed by atoms with Crippen LogP contribution in [0.3, 0.4) is 0 Å². The second-order valence-electron chi connectivity index (χ2n) is 6.47. The van der Waals surface area contributed by atoms with E-state index >= 15 is 0 Å². The fourth-order valence-electron chi connectivity index (χ4n) is 3.18. The Kier molecular flexibility index (Phi) is 4.49. The van der Waals surface area contributed by atoms with E-state index in [2.05, 4.69) is 0 Å². The number of carbonyl (C=O) groups is 1. The van der Waals surface area contributed by atoms with Gasteiger partial charge in [0.05, 0.1) is 12.7 Å². The minimum absolute atomic E-state index is 0.00239. The molecule has 0 bridgehead atoms. The van der Waals surface area contributed by atoms with Gasteiger partial charge in [0.2, 0.25) is 0 Å². The summed E-state index contributed by atoms with van der Waals surface area (Å²) in [6.45, 7) is 0. The first-order valence-electron chi connectivity index (χ1n) is 8.74. The Morgan fingerprint density at radius 2 is 1.61 bits per heavy atom. The van der Waals surface area contributed by atoms with Gasteiger partial charge in [-0.15, -0.1) is 0 Å². The van der Waals surface area contributed by atoms with Crippen molar-refractivity contribution < 1.29 is 24.5 Å². The van der Waals surface area contributed by atoms with Crippen LogP contribution in [0, 0.1) is 0 Å². The topological polar surface area (TPSA) is 76.0 Å². The normalized spacial score (nSPS) is 17.1. The second kappa shape index (κ2) is 7.12. The lowest BCUT2D eigenvalue weighted by Gasteiger charge is -2.28. The lowest BCUT2D eigenvalue weighted by atomic mass is 9.89. The predicted molar refractivity (Wildman–Crippen MR) is 105 cm³/mol. The molecule has 1 aliphatic rings. The van der Waals surface area contributed by atoms with Gasteiger partial charge in [-0.05, 0) is 59.7 Å². The lowest BCUT2D eigenvalue weighted by Crippen LogP contribution is -2.23. The Bertz CT molecular complexity index is 1050. The Morgan fingerprint density at radius 1 is 0.929 bits per heavy atom. The van der Waals surface area contributed by atoms with Gasteiger partial charge in [0.25, 0.3) is 0 Å². The second-order valence-corrected chi connectivity index (χ2v) is 6.47. The van der Waals surface area contributed by atoms with E-state index in [4.69, 9.17) is 9.47 Å². The first-order valence-corrected chi connectivity index (χ1v) is 8.74. The van der Waals surface area contributed by atoms with E-state index in [1.807, 2.05) is 24.3 Å².